The third kappa shape index (κ3) is 5.45. The van der Waals surface area contributed by atoms with Crippen molar-refractivity contribution in [3.05, 3.63) is 70.7 Å². The number of imide groups is 2. The van der Waals surface area contributed by atoms with Gasteiger partial charge in [0.1, 0.15) is 23.7 Å². The summed E-state index contributed by atoms with van der Waals surface area (Å²) >= 11 is 3.38. The predicted molar refractivity (Wildman–Crippen MR) is 126 cm³/mol. The van der Waals surface area contributed by atoms with Gasteiger partial charge in [-0.3, -0.25) is 14.9 Å². The van der Waals surface area contributed by atoms with E-state index >= 15 is 0 Å². The molecule has 0 radical (unpaired) electrons. The number of unbranched alkanes of at least 4 members (excludes halogenated alkanes) is 1. The zero-order chi connectivity index (χ0) is 23.1. The number of anilines is 1. The van der Waals surface area contributed by atoms with Crippen molar-refractivity contribution in [1.82, 2.24) is 5.32 Å². The van der Waals surface area contributed by atoms with Crippen LogP contribution in [0.3, 0.4) is 0 Å². The number of hydrogen-bond acceptors (Lipinski definition) is 5. The van der Waals surface area contributed by atoms with Crippen LogP contribution in [0.2, 0.25) is 0 Å². The third-order valence-electron chi connectivity index (χ3n) is 4.59. The molecule has 0 unspecified atom stereocenters. The summed E-state index contributed by atoms with van der Waals surface area (Å²) in [5, 5.41) is 2.22. The number of ether oxygens (including phenoxy) is 2. The molecule has 1 fully saturated rings. The summed E-state index contributed by atoms with van der Waals surface area (Å²) in [5.74, 6) is -0.395. The number of halogens is 1. The van der Waals surface area contributed by atoms with Crippen molar-refractivity contribution in [1.29, 1.82) is 0 Å². The van der Waals surface area contributed by atoms with Crippen molar-refractivity contribution in [2.24, 2.45) is 0 Å². The van der Waals surface area contributed by atoms with E-state index in [0.29, 0.717) is 29.4 Å². The molecule has 0 spiro atoms. The molecule has 0 atom stereocenters. The van der Waals surface area contributed by atoms with E-state index in [9.17, 15) is 14.4 Å². The minimum absolute atomic E-state index is 0.186. The maximum absolute atomic E-state index is 13.1. The van der Waals surface area contributed by atoms with E-state index < -0.39 is 17.8 Å². The van der Waals surface area contributed by atoms with Gasteiger partial charge in [-0.2, -0.15) is 0 Å². The molecule has 1 saturated heterocycles. The lowest BCUT2D eigenvalue weighted by Gasteiger charge is -2.26. The second-order valence-electron chi connectivity index (χ2n) is 6.94. The molecule has 32 heavy (non-hydrogen) atoms. The number of amides is 4. The van der Waals surface area contributed by atoms with Crippen LogP contribution < -0.4 is 19.7 Å². The Balaban J connectivity index is 1.90. The van der Waals surface area contributed by atoms with Gasteiger partial charge in [0.15, 0.2) is 0 Å². The zero-order valence-corrected chi connectivity index (χ0v) is 19.2. The maximum Gasteiger partial charge on any atom is 0.335 e. The highest BCUT2D eigenvalue weighted by molar-refractivity contribution is 9.10. The fourth-order valence-electron chi connectivity index (χ4n) is 2.99. The van der Waals surface area contributed by atoms with Crippen LogP contribution in [0.4, 0.5) is 10.5 Å². The Labute approximate surface area is 194 Å². The summed E-state index contributed by atoms with van der Waals surface area (Å²) < 4.78 is 12.0. The van der Waals surface area contributed by atoms with Gasteiger partial charge in [0.2, 0.25) is 0 Å². The van der Waals surface area contributed by atoms with Crippen molar-refractivity contribution < 1.29 is 23.9 Å². The zero-order valence-electron chi connectivity index (χ0n) is 17.6. The van der Waals surface area contributed by atoms with Crippen LogP contribution in [0.1, 0.15) is 25.3 Å². The van der Waals surface area contributed by atoms with E-state index in [0.717, 1.165) is 22.2 Å². The SMILES string of the molecule is C=CCOc1ccc(Br)cc1/C=C1/C(=O)NC(=O)N(c2ccc(OCCCC)cc2)C1=O. The number of hydrogen-bond donors (Lipinski definition) is 1. The highest BCUT2D eigenvalue weighted by Gasteiger charge is 2.37. The largest absolute Gasteiger partial charge is 0.494 e. The van der Waals surface area contributed by atoms with Crippen molar-refractivity contribution in [2.75, 3.05) is 18.1 Å². The number of carbonyl (C=O) groups is 3. The van der Waals surface area contributed by atoms with E-state index in [4.69, 9.17) is 9.47 Å². The number of benzene rings is 2. The van der Waals surface area contributed by atoms with Gasteiger partial charge >= 0.3 is 6.03 Å². The molecule has 0 bridgehead atoms. The van der Waals surface area contributed by atoms with E-state index in [2.05, 4.69) is 34.7 Å². The first-order valence-electron chi connectivity index (χ1n) is 10.1. The fraction of sp³-hybridized carbons (Fsp3) is 0.208. The number of nitrogens with one attached hydrogen (secondary N) is 1. The lowest BCUT2D eigenvalue weighted by atomic mass is 10.1. The summed E-state index contributed by atoms with van der Waals surface area (Å²) in [6, 6.07) is 11.0. The molecule has 0 aromatic heterocycles. The first-order valence-corrected chi connectivity index (χ1v) is 10.9. The normalized spacial score (nSPS) is 15.0. The summed E-state index contributed by atoms with van der Waals surface area (Å²) in [4.78, 5) is 39.0. The molecular weight excluding hydrogens is 476 g/mol. The Hall–Kier alpha value is -3.39. The van der Waals surface area contributed by atoms with Gasteiger partial charge in [-0.15, -0.1) is 0 Å². The number of carbonyl (C=O) groups excluding carboxylic acids is 3. The standard InChI is InChI=1S/C24H23BrN2O5/c1-3-5-13-31-19-9-7-18(8-10-19)27-23(29)20(22(28)26-24(27)30)15-16-14-17(25)6-11-21(16)32-12-4-2/h4,6-11,14-15H,2-3,5,12-13H2,1H3,(H,26,28,30)/b20-15-. The summed E-state index contributed by atoms with van der Waals surface area (Å²) in [7, 11) is 0. The summed E-state index contributed by atoms with van der Waals surface area (Å²) in [6.07, 6.45) is 4.94. The molecule has 7 nitrogen and oxygen atoms in total. The van der Waals surface area contributed by atoms with Crippen LogP contribution in [0.15, 0.2) is 65.2 Å². The van der Waals surface area contributed by atoms with E-state index in [1.807, 2.05) is 0 Å². The monoisotopic (exact) mass is 498 g/mol. The molecule has 2 aromatic rings. The number of barbiturate groups is 1. The van der Waals surface area contributed by atoms with Gasteiger partial charge in [0.25, 0.3) is 11.8 Å². The van der Waals surface area contributed by atoms with Crippen LogP contribution in [0.5, 0.6) is 11.5 Å². The average Bonchev–Trinajstić information content (AvgIpc) is 2.77. The molecule has 4 amide bonds. The lowest BCUT2D eigenvalue weighted by Crippen LogP contribution is -2.54. The lowest BCUT2D eigenvalue weighted by molar-refractivity contribution is -0.122. The van der Waals surface area contributed by atoms with Crippen molar-refractivity contribution >= 4 is 45.5 Å². The molecule has 2 aromatic carbocycles. The average molecular weight is 499 g/mol. The second kappa shape index (κ2) is 10.8. The third-order valence-corrected chi connectivity index (χ3v) is 5.08. The van der Waals surface area contributed by atoms with Crippen LogP contribution in [-0.4, -0.2) is 31.1 Å². The van der Waals surface area contributed by atoms with Gasteiger partial charge in [0, 0.05) is 10.0 Å². The van der Waals surface area contributed by atoms with E-state index in [1.54, 1.807) is 48.5 Å². The molecule has 1 aliphatic rings. The Bertz CT molecular complexity index is 1060. The van der Waals surface area contributed by atoms with E-state index in [-0.39, 0.29) is 12.2 Å². The Kier molecular flexibility index (Phi) is 7.83. The highest BCUT2D eigenvalue weighted by atomic mass is 79.9. The smallest absolute Gasteiger partial charge is 0.335 e. The Morgan fingerprint density at radius 1 is 1.09 bits per heavy atom. The Morgan fingerprint density at radius 2 is 1.84 bits per heavy atom. The van der Waals surface area contributed by atoms with Crippen molar-refractivity contribution in [2.45, 2.75) is 19.8 Å². The quantitative estimate of drug-likeness (QED) is 0.231. The second-order valence-corrected chi connectivity index (χ2v) is 7.85. The number of nitrogens with zero attached hydrogens (tertiary/aromatic N) is 1. The van der Waals surface area contributed by atoms with Crippen molar-refractivity contribution in [3.8, 4) is 11.5 Å². The van der Waals surface area contributed by atoms with E-state index in [1.165, 1.54) is 6.08 Å². The van der Waals surface area contributed by atoms with Gasteiger partial charge in [-0.25, -0.2) is 9.69 Å². The van der Waals surface area contributed by atoms with Gasteiger partial charge in [-0.1, -0.05) is 41.9 Å². The fourth-order valence-corrected chi connectivity index (χ4v) is 3.36. The number of rotatable bonds is 9. The predicted octanol–water partition coefficient (Wildman–Crippen LogP) is 4.86. The van der Waals surface area contributed by atoms with Crippen LogP contribution in [-0.2, 0) is 9.59 Å². The molecule has 0 aliphatic carbocycles. The van der Waals surface area contributed by atoms with Crippen LogP contribution in [0.25, 0.3) is 6.08 Å². The minimum atomic E-state index is -0.811. The first-order chi connectivity index (χ1) is 15.4. The number of urea groups is 1. The van der Waals surface area contributed by atoms with Gasteiger partial charge in [0.05, 0.1) is 12.3 Å². The Morgan fingerprint density at radius 3 is 2.53 bits per heavy atom. The molecule has 1 N–H and O–H groups in total. The maximum atomic E-state index is 13.1. The molecule has 166 valence electrons. The van der Waals surface area contributed by atoms with Crippen LogP contribution >= 0.6 is 15.9 Å². The highest BCUT2D eigenvalue weighted by Crippen LogP contribution is 2.28. The summed E-state index contributed by atoms with van der Waals surface area (Å²) in [5.41, 5.74) is 0.647. The van der Waals surface area contributed by atoms with Crippen molar-refractivity contribution in [3.63, 3.8) is 0 Å². The first kappa shape index (κ1) is 23.3. The molecule has 8 heteroatoms. The molecular formula is C24H23BrN2O5. The molecule has 1 heterocycles. The van der Waals surface area contributed by atoms with Gasteiger partial charge < -0.3 is 9.47 Å². The topological polar surface area (TPSA) is 84.9 Å². The molecule has 0 saturated carbocycles. The molecule has 3 rings (SSSR count). The summed E-state index contributed by atoms with van der Waals surface area (Å²) in [6.45, 7) is 6.54. The molecule has 1 aliphatic heterocycles. The van der Waals surface area contributed by atoms with Crippen LogP contribution in [0, 0.1) is 0 Å². The van der Waals surface area contributed by atoms with Gasteiger partial charge in [-0.05, 0) is 55.0 Å². The minimum Gasteiger partial charge on any atom is -0.494 e.